The average Bonchev–Trinajstić information content (AvgIpc) is 3.42. The Hall–Kier alpha value is -2.36. The summed E-state index contributed by atoms with van der Waals surface area (Å²) in [6.07, 6.45) is 2.35. The number of amides is 2. The van der Waals surface area contributed by atoms with Gasteiger partial charge in [-0.2, -0.15) is 4.31 Å². The number of hydrogen-bond acceptors (Lipinski definition) is 5. The Bertz CT molecular complexity index is 1080. The summed E-state index contributed by atoms with van der Waals surface area (Å²) in [7, 11) is -3.52. The molecule has 9 heteroatoms. The molecule has 1 fully saturated rings. The van der Waals surface area contributed by atoms with Crippen molar-refractivity contribution in [3.8, 4) is 0 Å². The SMILES string of the molecule is Cc1ccc2c(c1)S[C@H](C(=O)NNC(=O)c1ccc(S(=O)(=O)N3CCCC3)cc1)C2. The van der Waals surface area contributed by atoms with E-state index in [9.17, 15) is 18.0 Å². The van der Waals surface area contributed by atoms with Crippen molar-refractivity contribution in [1.82, 2.24) is 15.2 Å². The Kier molecular flexibility index (Phi) is 5.86. The lowest BCUT2D eigenvalue weighted by atomic mass is 10.1. The van der Waals surface area contributed by atoms with Crippen LogP contribution >= 0.6 is 11.8 Å². The van der Waals surface area contributed by atoms with Gasteiger partial charge in [0.1, 0.15) is 0 Å². The molecule has 2 aliphatic rings. The van der Waals surface area contributed by atoms with Gasteiger partial charge in [-0.25, -0.2) is 8.42 Å². The highest BCUT2D eigenvalue weighted by molar-refractivity contribution is 8.01. The van der Waals surface area contributed by atoms with Gasteiger partial charge in [0.15, 0.2) is 0 Å². The van der Waals surface area contributed by atoms with E-state index in [1.807, 2.05) is 19.1 Å². The predicted molar refractivity (Wildman–Crippen MR) is 115 cm³/mol. The zero-order valence-corrected chi connectivity index (χ0v) is 18.2. The summed E-state index contributed by atoms with van der Waals surface area (Å²) in [6, 6.07) is 11.9. The highest BCUT2D eigenvalue weighted by atomic mass is 32.2. The first-order valence-electron chi connectivity index (χ1n) is 9.81. The minimum atomic E-state index is -3.52. The van der Waals surface area contributed by atoms with Crippen LogP contribution in [0.15, 0.2) is 52.3 Å². The minimum absolute atomic E-state index is 0.167. The molecule has 1 saturated heterocycles. The van der Waals surface area contributed by atoms with Gasteiger partial charge < -0.3 is 0 Å². The second-order valence-corrected chi connectivity index (χ2v) is 10.7. The number of nitrogens with one attached hydrogen (secondary N) is 2. The molecule has 2 aliphatic heterocycles. The third kappa shape index (κ3) is 4.23. The number of carbonyl (C=O) groups is 2. The van der Waals surface area contributed by atoms with Crippen LogP contribution in [0.2, 0.25) is 0 Å². The van der Waals surface area contributed by atoms with Gasteiger partial charge in [0.25, 0.3) is 11.8 Å². The fourth-order valence-corrected chi connectivity index (χ4v) is 6.42. The molecule has 0 aromatic heterocycles. The molecule has 2 heterocycles. The number of hydrogen-bond donors (Lipinski definition) is 2. The van der Waals surface area contributed by atoms with Crippen molar-refractivity contribution in [1.29, 1.82) is 0 Å². The molecule has 0 aliphatic carbocycles. The molecule has 2 amide bonds. The van der Waals surface area contributed by atoms with Crippen LogP contribution in [0.25, 0.3) is 0 Å². The first kappa shape index (κ1) is 20.9. The highest BCUT2D eigenvalue weighted by Crippen LogP contribution is 2.37. The van der Waals surface area contributed by atoms with E-state index in [-0.39, 0.29) is 21.6 Å². The van der Waals surface area contributed by atoms with E-state index < -0.39 is 15.9 Å². The van der Waals surface area contributed by atoms with E-state index >= 15 is 0 Å². The van der Waals surface area contributed by atoms with Crippen LogP contribution in [0.4, 0.5) is 0 Å². The lowest BCUT2D eigenvalue weighted by Gasteiger charge is -2.15. The number of sulfonamides is 1. The number of hydrazine groups is 1. The molecule has 2 N–H and O–H groups in total. The summed E-state index contributed by atoms with van der Waals surface area (Å²) in [5.74, 6) is -0.764. The van der Waals surface area contributed by atoms with E-state index in [1.165, 1.54) is 40.3 Å². The van der Waals surface area contributed by atoms with E-state index in [0.717, 1.165) is 28.9 Å². The molecule has 2 aromatic rings. The maximum absolute atomic E-state index is 12.6. The zero-order valence-electron chi connectivity index (χ0n) is 16.6. The van der Waals surface area contributed by atoms with Crippen molar-refractivity contribution in [3.63, 3.8) is 0 Å². The molecule has 2 aromatic carbocycles. The molecule has 4 rings (SSSR count). The maximum Gasteiger partial charge on any atom is 0.269 e. The van der Waals surface area contributed by atoms with Crippen LogP contribution in [-0.4, -0.2) is 42.9 Å². The zero-order chi connectivity index (χ0) is 21.3. The molecular weight excluding hydrogens is 422 g/mol. The summed E-state index contributed by atoms with van der Waals surface area (Å²) in [4.78, 5) is 26.0. The fraction of sp³-hybridized carbons (Fsp3) is 0.333. The average molecular weight is 446 g/mol. The van der Waals surface area contributed by atoms with Crippen molar-refractivity contribution in [2.75, 3.05) is 13.1 Å². The summed E-state index contributed by atoms with van der Waals surface area (Å²) in [6.45, 7) is 3.06. The summed E-state index contributed by atoms with van der Waals surface area (Å²) < 4.78 is 26.6. The van der Waals surface area contributed by atoms with Crippen LogP contribution in [-0.2, 0) is 21.2 Å². The van der Waals surface area contributed by atoms with E-state index in [1.54, 1.807) is 0 Å². The summed E-state index contributed by atoms with van der Waals surface area (Å²) in [5.41, 5.74) is 7.44. The number of fused-ring (bicyclic) bond motifs is 1. The molecule has 0 spiro atoms. The second-order valence-electron chi connectivity index (χ2n) is 7.50. The third-order valence-corrected chi connectivity index (χ3v) is 8.52. The molecule has 1 atom stereocenters. The van der Waals surface area contributed by atoms with E-state index in [4.69, 9.17) is 0 Å². The van der Waals surface area contributed by atoms with Crippen LogP contribution in [0.5, 0.6) is 0 Å². The lowest BCUT2D eigenvalue weighted by molar-refractivity contribution is -0.121. The number of rotatable bonds is 4. The Morgan fingerprint density at radius 1 is 1.03 bits per heavy atom. The van der Waals surface area contributed by atoms with E-state index in [0.29, 0.717) is 19.5 Å². The fourth-order valence-electron chi connectivity index (χ4n) is 3.61. The van der Waals surface area contributed by atoms with Gasteiger partial charge in [-0.15, -0.1) is 11.8 Å². The van der Waals surface area contributed by atoms with Crippen molar-refractivity contribution in [2.45, 2.75) is 41.2 Å². The van der Waals surface area contributed by atoms with Crippen molar-refractivity contribution in [3.05, 3.63) is 59.2 Å². The van der Waals surface area contributed by atoms with Crippen molar-refractivity contribution < 1.29 is 18.0 Å². The van der Waals surface area contributed by atoms with Gasteiger partial charge in [-0.3, -0.25) is 20.4 Å². The Labute approximate surface area is 180 Å². The van der Waals surface area contributed by atoms with Gasteiger partial charge in [0.2, 0.25) is 10.0 Å². The van der Waals surface area contributed by atoms with Crippen LogP contribution in [0.3, 0.4) is 0 Å². The Morgan fingerprint density at radius 3 is 2.43 bits per heavy atom. The minimum Gasteiger partial charge on any atom is -0.272 e. The van der Waals surface area contributed by atoms with Crippen LogP contribution in [0, 0.1) is 6.92 Å². The number of thioether (sulfide) groups is 1. The van der Waals surface area contributed by atoms with Crippen LogP contribution in [0.1, 0.15) is 34.3 Å². The molecule has 30 heavy (non-hydrogen) atoms. The first-order chi connectivity index (χ1) is 14.3. The van der Waals surface area contributed by atoms with E-state index in [2.05, 4.69) is 16.9 Å². The Morgan fingerprint density at radius 2 is 1.73 bits per heavy atom. The second kappa shape index (κ2) is 8.41. The van der Waals surface area contributed by atoms with Gasteiger partial charge in [0, 0.05) is 23.5 Å². The van der Waals surface area contributed by atoms with Crippen molar-refractivity contribution >= 4 is 33.6 Å². The van der Waals surface area contributed by atoms with Crippen LogP contribution < -0.4 is 10.9 Å². The summed E-state index contributed by atoms with van der Waals surface area (Å²) in [5, 5.41) is -0.296. The smallest absolute Gasteiger partial charge is 0.269 e. The molecule has 7 nitrogen and oxygen atoms in total. The molecular formula is C21H23N3O4S2. The monoisotopic (exact) mass is 445 g/mol. The standard InChI is InChI=1S/C21H23N3O4S2/c1-14-4-5-16-13-19(29-18(16)12-14)21(26)23-22-20(25)15-6-8-17(9-7-15)30(27,28)24-10-2-3-11-24/h4-9,12,19H,2-3,10-11,13H2,1H3,(H,22,25)(H,23,26)/t19-/m0/s1. The predicted octanol–water partition coefficient (Wildman–Crippen LogP) is 2.26. The van der Waals surface area contributed by atoms with Gasteiger partial charge in [-0.1, -0.05) is 17.7 Å². The first-order valence-corrected chi connectivity index (χ1v) is 12.1. The topological polar surface area (TPSA) is 95.6 Å². The number of nitrogens with zero attached hydrogens (tertiary/aromatic N) is 1. The number of carbonyl (C=O) groups excluding carboxylic acids is 2. The van der Waals surface area contributed by atoms with Gasteiger partial charge in [0.05, 0.1) is 10.1 Å². The quantitative estimate of drug-likeness (QED) is 0.704. The highest BCUT2D eigenvalue weighted by Gasteiger charge is 2.29. The van der Waals surface area contributed by atoms with Gasteiger partial charge in [-0.05, 0) is 62.1 Å². The van der Waals surface area contributed by atoms with Gasteiger partial charge >= 0.3 is 0 Å². The molecule has 158 valence electrons. The molecule has 0 bridgehead atoms. The normalized spacial score (nSPS) is 18.8. The number of aryl methyl sites for hydroxylation is 1. The molecule has 0 radical (unpaired) electrons. The Balaban J connectivity index is 1.34. The lowest BCUT2D eigenvalue weighted by Crippen LogP contribution is -2.45. The largest absolute Gasteiger partial charge is 0.272 e. The number of benzene rings is 2. The summed E-state index contributed by atoms with van der Waals surface area (Å²) >= 11 is 1.49. The third-order valence-electron chi connectivity index (χ3n) is 5.31. The molecule has 0 saturated carbocycles. The maximum atomic E-state index is 12.6. The molecule has 0 unspecified atom stereocenters. The van der Waals surface area contributed by atoms with Crippen molar-refractivity contribution in [2.24, 2.45) is 0 Å².